The first kappa shape index (κ1) is 16.4. The number of likely N-dealkylation sites (tertiary alicyclic amines) is 2. The van der Waals surface area contributed by atoms with E-state index in [-0.39, 0.29) is 5.82 Å². The van der Waals surface area contributed by atoms with Gasteiger partial charge in [0.2, 0.25) is 5.91 Å². The summed E-state index contributed by atoms with van der Waals surface area (Å²) in [7, 11) is 0. The van der Waals surface area contributed by atoms with E-state index in [4.69, 9.17) is 0 Å². The molecule has 4 heteroatoms. The van der Waals surface area contributed by atoms with Crippen LogP contribution in [0.4, 0.5) is 4.39 Å². The Labute approximate surface area is 138 Å². The van der Waals surface area contributed by atoms with E-state index in [0.717, 1.165) is 57.5 Å². The average molecular weight is 318 g/mol. The van der Waals surface area contributed by atoms with E-state index in [9.17, 15) is 9.18 Å². The summed E-state index contributed by atoms with van der Waals surface area (Å²) in [5, 5.41) is 0. The normalized spacial score (nSPS) is 21.9. The van der Waals surface area contributed by atoms with Crippen LogP contribution in [0, 0.1) is 18.2 Å². The Kier molecular flexibility index (Phi) is 4.72. The Hall–Kier alpha value is -1.42. The Morgan fingerprint density at radius 2 is 1.96 bits per heavy atom. The first-order valence-corrected chi connectivity index (χ1v) is 8.76. The molecule has 0 unspecified atom stereocenters. The molecule has 2 fully saturated rings. The second-order valence-corrected chi connectivity index (χ2v) is 7.27. The number of carbonyl (C=O) groups excluding carboxylic acids is 1. The molecule has 0 bridgehead atoms. The maximum Gasteiger partial charge on any atom is 0.222 e. The van der Waals surface area contributed by atoms with Gasteiger partial charge in [-0.3, -0.25) is 9.69 Å². The van der Waals surface area contributed by atoms with Crippen molar-refractivity contribution < 1.29 is 9.18 Å². The number of amides is 1. The van der Waals surface area contributed by atoms with Crippen molar-refractivity contribution in [3.05, 3.63) is 35.1 Å². The lowest BCUT2D eigenvalue weighted by Crippen LogP contribution is -2.51. The lowest BCUT2D eigenvalue weighted by Gasteiger charge is -2.47. The highest BCUT2D eigenvalue weighted by molar-refractivity contribution is 5.77. The van der Waals surface area contributed by atoms with Crippen molar-refractivity contribution >= 4 is 5.91 Å². The smallest absolute Gasteiger partial charge is 0.222 e. The van der Waals surface area contributed by atoms with Crippen LogP contribution in [0.25, 0.3) is 0 Å². The number of hydrogen-bond donors (Lipinski definition) is 0. The van der Waals surface area contributed by atoms with Gasteiger partial charge in [-0.05, 0) is 68.8 Å². The maximum atomic E-state index is 13.7. The fraction of sp³-hybridized carbons (Fsp3) is 0.632. The molecule has 0 aromatic heterocycles. The third-order valence-corrected chi connectivity index (χ3v) is 5.69. The molecule has 0 radical (unpaired) electrons. The van der Waals surface area contributed by atoms with Crippen molar-refractivity contribution in [1.29, 1.82) is 0 Å². The van der Waals surface area contributed by atoms with Gasteiger partial charge in [0, 0.05) is 26.1 Å². The van der Waals surface area contributed by atoms with Gasteiger partial charge in [0.1, 0.15) is 5.82 Å². The van der Waals surface area contributed by atoms with Crippen LogP contribution >= 0.6 is 0 Å². The summed E-state index contributed by atoms with van der Waals surface area (Å²) in [6.07, 6.45) is 4.03. The van der Waals surface area contributed by atoms with Crippen LogP contribution in [0.5, 0.6) is 0 Å². The molecular weight excluding hydrogens is 291 g/mol. The number of piperidine rings is 2. The molecule has 3 rings (SSSR count). The predicted molar refractivity (Wildman–Crippen MR) is 89.6 cm³/mol. The Morgan fingerprint density at radius 3 is 2.61 bits per heavy atom. The second kappa shape index (κ2) is 6.60. The molecule has 2 heterocycles. The topological polar surface area (TPSA) is 23.6 Å². The highest BCUT2D eigenvalue weighted by atomic mass is 19.1. The summed E-state index contributed by atoms with van der Waals surface area (Å²) in [6.45, 7) is 8.53. The van der Waals surface area contributed by atoms with Crippen molar-refractivity contribution in [2.75, 3.05) is 26.2 Å². The highest BCUT2D eigenvalue weighted by Gasteiger charge is 2.40. The van der Waals surface area contributed by atoms with Crippen molar-refractivity contribution in [3.63, 3.8) is 0 Å². The fourth-order valence-corrected chi connectivity index (χ4v) is 3.98. The van der Waals surface area contributed by atoms with Gasteiger partial charge >= 0.3 is 0 Å². The average Bonchev–Trinajstić information content (AvgIpc) is 2.56. The molecule has 0 N–H and O–H groups in total. The van der Waals surface area contributed by atoms with E-state index in [2.05, 4.69) is 11.8 Å². The quantitative estimate of drug-likeness (QED) is 0.853. The zero-order valence-corrected chi connectivity index (χ0v) is 14.3. The largest absolute Gasteiger partial charge is 0.342 e. The van der Waals surface area contributed by atoms with Gasteiger partial charge in [-0.1, -0.05) is 12.1 Å². The molecule has 1 aromatic rings. The lowest BCUT2D eigenvalue weighted by atomic mass is 9.72. The maximum absolute atomic E-state index is 13.7. The minimum Gasteiger partial charge on any atom is -0.342 e. The van der Waals surface area contributed by atoms with Crippen LogP contribution in [-0.2, 0) is 11.3 Å². The first-order valence-electron chi connectivity index (χ1n) is 8.76. The van der Waals surface area contributed by atoms with E-state index in [0.29, 0.717) is 23.3 Å². The van der Waals surface area contributed by atoms with Crippen LogP contribution < -0.4 is 0 Å². The lowest BCUT2D eigenvalue weighted by molar-refractivity contribution is -0.138. The summed E-state index contributed by atoms with van der Waals surface area (Å²) in [4.78, 5) is 16.3. The zero-order chi connectivity index (χ0) is 16.4. The Morgan fingerprint density at radius 1 is 1.22 bits per heavy atom. The number of carbonyl (C=O) groups is 1. The molecule has 0 atom stereocenters. The van der Waals surface area contributed by atoms with E-state index >= 15 is 0 Å². The number of benzene rings is 1. The van der Waals surface area contributed by atoms with Crippen molar-refractivity contribution in [1.82, 2.24) is 9.80 Å². The van der Waals surface area contributed by atoms with E-state index in [1.807, 2.05) is 17.0 Å². The molecule has 0 saturated carbocycles. The van der Waals surface area contributed by atoms with Gasteiger partial charge in [-0.15, -0.1) is 0 Å². The molecule has 23 heavy (non-hydrogen) atoms. The minimum absolute atomic E-state index is 0.111. The van der Waals surface area contributed by atoms with Crippen molar-refractivity contribution in [3.8, 4) is 0 Å². The fourth-order valence-electron chi connectivity index (χ4n) is 3.98. The molecule has 0 aliphatic carbocycles. The summed E-state index contributed by atoms with van der Waals surface area (Å²) in [5.41, 5.74) is 2.08. The molecule has 1 aromatic carbocycles. The Bertz CT molecular complexity index is 579. The Balaban J connectivity index is 1.58. The first-order chi connectivity index (χ1) is 11.0. The second-order valence-electron chi connectivity index (χ2n) is 7.27. The number of aryl methyl sites for hydroxylation is 1. The summed E-state index contributed by atoms with van der Waals surface area (Å²) < 4.78 is 13.7. The summed E-state index contributed by atoms with van der Waals surface area (Å²) >= 11 is 0. The zero-order valence-electron chi connectivity index (χ0n) is 14.3. The highest BCUT2D eigenvalue weighted by Crippen LogP contribution is 2.40. The van der Waals surface area contributed by atoms with Crippen LogP contribution in [-0.4, -0.2) is 41.9 Å². The van der Waals surface area contributed by atoms with Crippen LogP contribution in [0.3, 0.4) is 0 Å². The minimum atomic E-state index is -0.111. The number of hydrogen-bond acceptors (Lipinski definition) is 2. The van der Waals surface area contributed by atoms with Crippen LogP contribution in [0.2, 0.25) is 0 Å². The molecule has 2 saturated heterocycles. The van der Waals surface area contributed by atoms with E-state index < -0.39 is 0 Å². The predicted octanol–water partition coefficient (Wildman–Crippen LogP) is 3.36. The molecule has 2 aliphatic rings. The van der Waals surface area contributed by atoms with E-state index in [1.54, 1.807) is 13.0 Å². The van der Waals surface area contributed by atoms with E-state index in [1.165, 1.54) is 0 Å². The monoisotopic (exact) mass is 318 g/mol. The number of rotatable bonds is 3. The standard InChI is InChI=1S/C19H27FN2O/c1-3-22-14-19(7-6-18(22)23)8-10-21(11-9-19)13-16-5-4-15(2)17(20)12-16/h4-5,12H,3,6-11,13-14H2,1-2H3. The van der Waals surface area contributed by atoms with Gasteiger partial charge in [0.25, 0.3) is 0 Å². The molecule has 1 spiro atoms. The third kappa shape index (κ3) is 3.57. The van der Waals surface area contributed by atoms with Gasteiger partial charge in [-0.25, -0.2) is 4.39 Å². The molecule has 126 valence electrons. The molecule has 1 amide bonds. The van der Waals surface area contributed by atoms with Gasteiger partial charge in [-0.2, -0.15) is 0 Å². The van der Waals surface area contributed by atoms with Crippen LogP contribution in [0.1, 0.15) is 43.7 Å². The van der Waals surface area contributed by atoms with Gasteiger partial charge in [0.15, 0.2) is 0 Å². The number of nitrogens with zero attached hydrogens (tertiary/aromatic N) is 2. The van der Waals surface area contributed by atoms with Crippen molar-refractivity contribution in [2.24, 2.45) is 5.41 Å². The SMILES string of the molecule is CCN1CC2(CCC1=O)CCN(Cc1ccc(C)c(F)c1)CC2. The van der Waals surface area contributed by atoms with Gasteiger partial charge < -0.3 is 4.90 Å². The third-order valence-electron chi connectivity index (χ3n) is 5.69. The summed E-state index contributed by atoms with van der Waals surface area (Å²) in [6, 6.07) is 5.56. The summed E-state index contributed by atoms with van der Waals surface area (Å²) in [5.74, 6) is 0.205. The van der Waals surface area contributed by atoms with Crippen LogP contribution in [0.15, 0.2) is 18.2 Å². The molecule has 3 nitrogen and oxygen atoms in total. The van der Waals surface area contributed by atoms with Gasteiger partial charge in [0.05, 0.1) is 0 Å². The molecule has 2 aliphatic heterocycles. The van der Waals surface area contributed by atoms with Crippen molar-refractivity contribution in [2.45, 2.75) is 46.1 Å². The molecular formula is C19H27FN2O. The number of halogens is 1.